The van der Waals surface area contributed by atoms with Crippen LogP contribution in [0.2, 0.25) is 0 Å². The normalized spacial score (nSPS) is 18.2. The molecule has 0 aromatic heterocycles. The number of ether oxygens (including phenoxy) is 3. The van der Waals surface area contributed by atoms with E-state index in [2.05, 4.69) is 0 Å². The summed E-state index contributed by atoms with van der Waals surface area (Å²) in [6.45, 7) is 2.31. The Balaban J connectivity index is 1.95. The Bertz CT molecular complexity index is 996. The van der Waals surface area contributed by atoms with Gasteiger partial charge in [0.1, 0.15) is 23.1 Å². The first kappa shape index (κ1) is 23.5. The second-order valence-corrected chi connectivity index (χ2v) is 7.81. The highest BCUT2D eigenvalue weighted by Gasteiger charge is 2.45. The molecule has 1 saturated heterocycles. The summed E-state index contributed by atoms with van der Waals surface area (Å²) in [6, 6.07) is 8.19. The zero-order valence-electron chi connectivity index (χ0n) is 18.5. The van der Waals surface area contributed by atoms with Gasteiger partial charge in [-0.05, 0) is 56.0 Å². The Morgan fingerprint density at radius 1 is 1.09 bits per heavy atom. The van der Waals surface area contributed by atoms with E-state index in [9.17, 15) is 18.4 Å². The molecule has 32 heavy (non-hydrogen) atoms. The van der Waals surface area contributed by atoms with Crippen molar-refractivity contribution in [3.8, 4) is 11.5 Å². The molecule has 0 radical (unpaired) electrons. The summed E-state index contributed by atoms with van der Waals surface area (Å²) in [7, 11) is 2.97. The number of nitrogens with zero attached hydrogens (tertiary/aromatic N) is 1. The van der Waals surface area contributed by atoms with Gasteiger partial charge in [0.25, 0.3) is 5.91 Å². The largest absolute Gasteiger partial charge is 0.497 e. The minimum Gasteiger partial charge on any atom is -0.497 e. The molecule has 8 heteroatoms. The zero-order chi connectivity index (χ0) is 23.3. The van der Waals surface area contributed by atoms with E-state index < -0.39 is 23.0 Å². The van der Waals surface area contributed by atoms with Crippen molar-refractivity contribution in [2.45, 2.75) is 26.2 Å². The van der Waals surface area contributed by atoms with Crippen molar-refractivity contribution in [1.82, 2.24) is 4.90 Å². The van der Waals surface area contributed by atoms with Crippen LogP contribution in [0.5, 0.6) is 11.5 Å². The van der Waals surface area contributed by atoms with Crippen LogP contribution in [0.3, 0.4) is 0 Å². The van der Waals surface area contributed by atoms with Crippen LogP contribution in [0.4, 0.5) is 8.78 Å². The molecule has 6 nitrogen and oxygen atoms in total. The Morgan fingerprint density at radius 2 is 1.88 bits per heavy atom. The van der Waals surface area contributed by atoms with Gasteiger partial charge in [-0.25, -0.2) is 8.78 Å². The number of esters is 1. The number of piperidine rings is 1. The van der Waals surface area contributed by atoms with Gasteiger partial charge in [0, 0.05) is 19.2 Å². The maximum Gasteiger partial charge on any atom is 0.314 e. The first-order chi connectivity index (χ1) is 15.3. The lowest BCUT2D eigenvalue weighted by molar-refractivity contribution is -0.158. The minimum atomic E-state index is -1.14. The first-order valence-corrected chi connectivity index (χ1v) is 10.5. The van der Waals surface area contributed by atoms with Gasteiger partial charge < -0.3 is 19.1 Å². The third-order valence-electron chi connectivity index (χ3n) is 5.75. The molecule has 0 unspecified atom stereocenters. The number of benzene rings is 2. The molecule has 1 heterocycles. The van der Waals surface area contributed by atoms with Gasteiger partial charge in [0.15, 0.2) is 0 Å². The van der Waals surface area contributed by atoms with E-state index in [1.807, 2.05) is 0 Å². The van der Waals surface area contributed by atoms with E-state index in [1.54, 1.807) is 30.0 Å². The van der Waals surface area contributed by atoms with Crippen molar-refractivity contribution in [1.29, 1.82) is 0 Å². The predicted molar refractivity (Wildman–Crippen MR) is 114 cm³/mol. The molecule has 0 spiro atoms. The smallest absolute Gasteiger partial charge is 0.314 e. The van der Waals surface area contributed by atoms with Crippen LogP contribution in [-0.4, -0.2) is 50.7 Å². The summed E-state index contributed by atoms with van der Waals surface area (Å²) in [4.78, 5) is 28.0. The monoisotopic (exact) mass is 447 g/mol. The summed E-state index contributed by atoms with van der Waals surface area (Å²) in [5, 5.41) is 0. The van der Waals surface area contributed by atoms with Gasteiger partial charge in [0.05, 0.1) is 31.8 Å². The van der Waals surface area contributed by atoms with Crippen molar-refractivity contribution in [3.63, 3.8) is 0 Å². The van der Waals surface area contributed by atoms with Crippen LogP contribution >= 0.6 is 0 Å². The lowest BCUT2D eigenvalue weighted by Gasteiger charge is -2.41. The van der Waals surface area contributed by atoms with Crippen molar-refractivity contribution in [3.05, 3.63) is 59.2 Å². The molecule has 3 rings (SSSR count). The van der Waals surface area contributed by atoms with Crippen LogP contribution < -0.4 is 9.47 Å². The summed E-state index contributed by atoms with van der Waals surface area (Å²) >= 11 is 0. The first-order valence-electron chi connectivity index (χ1n) is 10.5. The number of methoxy groups -OCH3 is 2. The van der Waals surface area contributed by atoms with Gasteiger partial charge in [-0.3, -0.25) is 9.59 Å². The highest BCUT2D eigenvalue weighted by molar-refractivity contribution is 5.98. The van der Waals surface area contributed by atoms with E-state index >= 15 is 0 Å². The van der Waals surface area contributed by atoms with Crippen molar-refractivity contribution >= 4 is 11.9 Å². The Hall–Kier alpha value is -3.16. The van der Waals surface area contributed by atoms with Gasteiger partial charge in [0.2, 0.25) is 0 Å². The van der Waals surface area contributed by atoms with Crippen molar-refractivity contribution in [2.24, 2.45) is 5.41 Å². The molecule has 0 bridgehead atoms. The molecule has 0 aliphatic carbocycles. The number of carbonyl (C=O) groups excluding carboxylic acids is 2. The number of hydrogen-bond donors (Lipinski definition) is 0. The fourth-order valence-electron chi connectivity index (χ4n) is 4.15. The fourth-order valence-corrected chi connectivity index (χ4v) is 4.15. The highest BCUT2D eigenvalue weighted by Crippen LogP contribution is 2.37. The molecule has 1 aliphatic heterocycles. The third kappa shape index (κ3) is 4.84. The third-order valence-corrected chi connectivity index (χ3v) is 5.75. The van der Waals surface area contributed by atoms with Gasteiger partial charge in [-0.2, -0.15) is 0 Å². The summed E-state index contributed by atoms with van der Waals surface area (Å²) < 4.78 is 43.7. The average Bonchev–Trinajstić information content (AvgIpc) is 2.80. The van der Waals surface area contributed by atoms with Crippen LogP contribution in [0.1, 0.15) is 35.7 Å². The van der Waals surface area contributed by atoms with Crippen LogP contribution in [-0.2, 0) is 16.0 Å². The van der Waals surface area contributed by atoms with Gasteiger partial charge >= 0.3 is 5.97 Å². The fraction of sp³-hybridized carbons (Fsp3) is 0.417. The molecule has 2 aromatic rings. The van der Waals surface area contributed by atoms with Crippen molar-refractivity contribution < 1.29 is 32.6 Å². The molecule has 172 valence electrons. The van der Waals surface area contributed by atoms with Gasteiger partial charge in [-0.1, -0.05) is 6.07 Å². The molecule has 0 saturated carbocycles. The number of carbonyl (C=O) groups is 2. The predicted octanol–water partition coefficient (Wildman–Crippen LogP) is 4.01. The van der Waals surface area contributed by atoms with E-state index in [0.29, 0.717) is 36.4 Å². The minimum absolute atomic E-state index is 0.00300. The maximum atomic E-state index is 14.4. The Morgan fingerprint density at radius 3 is 2.53 bits per heavy atom. The summed E-state index contributed by atoms with van der Waals surface area (Å²) in [5.41, 5.74) is -0.638. The molecule has 1 amide bonds. The Kier molecular flexibility index (Phi) is 7.33. The standard InChI is InChI=1S/C24H27F2NO5/c1-4-32-23(29)24(14-16-6-7-17(25)12-20(16)26)10-5-11-27(15-24)22(28)19-13-18(30-2)8-9-21(19)31-3/h6-9,12-13H,4-5,10-11,14-15H2,1-3H3/t24-/m0/s1. The molecular formula is C24H27F2NO5. The Labute approximate surface area is 186 Å². The summed E-state index contributed by atoms with van der Waals surface area (Å²) in [5.74, 6) is -1.37. The van der Waals surface area contributed by atoms with E-state index in [0.717, 1.165) is 12.1 Å². The molecule has 2 aromatic carbocycles. The SMILES string of the molecule is CCOC(=O)[C@]1(Cc2ccc(F)cc2F)CCCN(C(=O)c2cc(OC)ccc2OC)C1. The molecule has 1 atom stereocenters. The number of hydrogen-bond acceptors (Lipinski definition) is 5. The molecular weight excluding hydrogens is 420 g/mol. The van der Waals surface area contributed by atoms with Crippen LogP contribution in [0.15, 0.2) is 36.4 Å². The van der Waals surface area contributed by atoms with Crippen molar-refractivity contribution in [2.75, 3.05) is 33.9 Å². The quantitative estimate of drug-likeness (QED) is 0.600. The summed E-state index contributed by atoms with van der Waals surface area (Å²) in [6.07, 6.45) is 0.943. The maximum absolute atomic E-state index is 14.4. The van der Waals surface area contributed by atoms with E-state index in [4.69, 9.17) is 14.2 Å². The number of amides is 1. The highest BCUT2D eigenvalue weighted by atomic mass is 19.1. The molecule has 0 N–H and O–H groups in total. The van der Waals surface area contributed by atoms with Gasteiger partial charge in [-0.15, -0.1) is 0 Å². The lowest BCUT2D eigenvalue weighted by atomic mass is 9.74. The average molecular weight is 447 g/mol. The number of rotatable bonds is 7. The van der Waals surface area contributed by atoms with E-state index in [-0.39, 0.29) is 31.0 Å². The lowest BCUT2D eigenvalue weighted by Crippen LogP contribution is -2.51. The molecule has 1 fully saturated rings. The van der Waals surface area contributed by atoms with Crippen LogP contribution in [0, 0.1) is 17.0 Å². The zero-order valence-corrected chi connectivity index (χ0v) is 18.5. The number of halogens is 2. The second-order valence-electron chi connectivity index (χ2n) is 7.81. The topological polar surface area (TPSA) is 65.1 Å². The van der Waals surface area contributed by atoms with E-state index in [1.165, 1.54) is 20.3 Å². The number of likely N-dealkylation sites (tertiary alicyclic amines) is 1. The van der Waals surface area contributed by atoms with Crippen LogP contribution in [0.25, 0.3) is 0 Å². The molecule has 1 aliphatic rings. The second kappa shape index (κ2) is 9.97.